The molecule has 2 saturated heterocycles. The lowest BCUT2D eigenvalue weighted by atomic mass is 9.86. The monoisotopic (exact) mass is 156 g/mol. The van der Waals surface area contributed by atoms with Gasteiger partial charge in [-0.25, -0.2) is 0 Å². The van der Waals surface area contributed by atoms with Crippen LogP contribution >= 0.6 is 0 Å². The Kier molecular flexibility index (Phi) is 1.52. The molecular weight excluding hydrogens is 140 g/mol. The highest BCUT2D eigenvalue weighted by atomic mass is 16.6. The van der Waals surface area contributed by atoms with Crippen molar-refractivity contribution in [2.45, 2.75) is 32.5 Å². The maximum atomic E-state index is 5.76. The van der Waals surface area contributed by atoms with Gasteiger partial charge in [0.15, 0.2) is 0 Å². The van der Waals surface area contributed by atoms with Gasteiger partial charge in [-0.3, -0.25) is 0 Å². The second kappa shape index (κ2) is 2.20. The van der Waals surface area contributed by atoms with E-state index in [-0.39, 0.29) is 5.60 Å². The summed E-state index contributed by atoms with van der Waals surface area (Å²) in [4.78, 5) is 0. The molecule has 2 heteroatoms. The minimum Gasteiger partial charge on any atom is -0.374 e. The van der Waals surface area contributed by atoms with Crippen LogP contribution in [0.2, 0.25) is 0 Å². The predicted octanol–water partition coefficient (Wildman–Crippen LogP) is 1.45. The maximum absolute atomic E-state index is 5.76. The number of hydrogen-bond donors (Lipinski definition) is 0. The highest BCUT2D eigenvalue weighted by molar-refractivity contribution is 5.01. The summed E-state index contributed by atoms with van der Waals surface area (Å²) in [6.45, 7) is 8.32. The van der Waals surface area contributed by atoms with E-state index in [4.69, 9.17) is 9.47 Å². The molecule has 0 spiro atoms. The van der Waals surface area contributed by atoms with Crippen molar-refractivity contribution in [1.29, 1.82) is 0 Å². The third-order valence-corrected chi connectivity index (χ3v) is 3.24. The summed E-state index contributed by atoms with van der Waals surface area (Å²) < 4.78 is 11.4. The first-order valence-electron chi connectivity index (χ1n) is 4.40. The maximum Gasteiger partial charge on any atom is 0.0965 e. The molecule has 2 aliphatic rings. The summed E-state index contributed by atoms with van der Waals surface area (Å²) in [5.41, 5.74) is 0.0133. The Morgan fingerprint density at radius 1 is 1.27 bits per heavy atom. The van der Waals surface area contributed by atoms with Crippen LogP contribution in [0.1, 0.15) is 20.8 Å². The summed E-state index contributed by atoms with van der Waals surface area (Å²) in [6, 6.07) is 0. The fourth-order valence-corrected chi connectivity index (χ4v) is 2.21. The van der Waals surface area contributed by atoms with Crippen LogP contribution in [0.25, 0.3) is 0 Å². The number of hydrogen-bond acceptors (Lipinski definition) is 2. The van der Waals surface area contributed by atoms with Crippen molar-refractivity contribution in [3.8, 4) is 0 Å². The molecule has 1 unspecified atom stereocenters. The molecule has 2 rings (SSSR count). The van der Waals surface area contributed by atoms with E-state index in [1.807, 2.05) is 0 Å². The predicted molar refractivity (Wildman–Crippen MR) is 42.4 cm³/mol. The van der Waals surface area contributed by atoms with E-state index in [1.165, 1.54) is 0 Å². The molecule has 4 atom stereocenters. The summed E-state index contributed by atoms with van der Waals surface area (Å²) in [6.07, 6.45) is 0.345. The Balaban J connectivity index is 2.23. The van der Waals surface area contributed by atoms with Crippen molar-refractivity contribution in [3.63, 3.8) is 0 Å². The van der Waals surface area contributed by atoms with Gasteiger partial charge in [0, 0.05) is 11.8 Å². The van der Waals surface area contributed by atoms with Crippen LogP contribution in [0.4, 0.5) is 0 Å². The molecule has 0 bridgehead atoms. The zero-order valence-corrected chi connectivity index (χ0v) is 7.46. The van der Waals surface area contributed by atoms with Crippen molar-refractivity contribution < 1.29 is 9.47 Å². The Bertz CT molecular complexity index is 169. The van der Waals surface area contributed by atoms with Crippen molar-refractivity contribution in [3.05, 3.63) is 0 Å². The zero-order chi connectivity index (χ0) is 8.06. The molecule has 0 amide bonds. The SMILES string of the molecule is CC1CO[C@@]2(C)[C@@H]1OC[C@@H]2C. The van der Waals surface area contributed by atoms with Crippen LogP contribution in [0.5, 0.6) is 0 Å². The lowest BCUT2D eigenvalue weighted by Gasteiger charge is -2.26. The van der Waals surface area contributed by atoms with Gasteiger partial charge in [-0.1, -0.05) is 13.8 Å². The number of fused-ring (bicyclic) bond motifs is 1. The third-order valence-electron chi connectivity index (χ3n) is 3.24. The Morgan fingerprint density at radius 3 is 2.64 bits per heavy atom. The molecule has 0 saturated carbocycles. The fraction of sp³-hybridized carbons (Fsp3) is 1.00. The molecule has 2 heterocycles. The van der Waals surface area contributed by atoms with Crippen LogP contribution in [-0.4, -0.2) is 24.9 Å². The van der Waals surface area contributed by atoms with E-state index in [0.717, 1.165) is 13.2 Å². The van der Waals surface area contributed by atoms with E-state index in [9.17, 15) is 0 Å². The molecule has 0 aromatic heterocycles. The van der Waals surface area contributed by atoms with Gasteiger partial charge in [-0.2, -0.15) is 0 Å². The minimum absolute atomic E-state index is 0.0133. The minimum atomic E-state index is 0.0133. The first-order chi connectivity index (χ1) is 5.14. The second-order valence-electron chi connectivity index (χ2n) is 4.13. The van der Waals surface area contributed by atoms with E-state index in [2.05, 4.69) is 20.8 Å². The second-order valence-corrected chi connectivity index (χ2v) is 4.13. The Labute approximate surface area is 67.9 Å². The third kappa shape index (κ3) is 0.859. The van der Waals surface area contributed by atoms with Gasteiger partial charge >= 0.3 is 0 Å². The molecule has 0 radical (unpaired) electrons. The first kappa shape index (κ1) is 7.56. The molecule has 0 aliphatic carbocycles. The molecular formula is C9H16O2. The van der Waals surface area contributed by atoms with Crippen LogP contribution in [0.15, 0.2) is 0 Å². The number of ether oxygens (including phenoxy) is 2. The topological polar surface area (TPSA) is 18.5 Å². The van der Waals surface area contributed by atoms with E-state index >= 15 is 0 Å². The van der Waals surface area contributed by atoms with Crippen molar-refractivity contribution >= 4 is 0 Å². The lowest BCUT2D eigenvalue weighted by Crippen LogP contribution is -2.37. The van der Waals surface area contributed by atoms with Gasteiger partial charge in [0.05, 0.1) is 24.9 Å². The smallest absolute Gasteiger partial charge is 0.0965 e. The van der Waals surface area contributed by atoms with Crippen LogP contribution in [0.3, 0.4) is 0 Å². The zero-order valence-electron chi connectivity index (χ0n) is 7.46. The molecule has 64 valence electrons. The van der Waals surface area contributed by atoms with Gasteiger partial charge in [0.1, 0.15) is 0 Å². The molecule has 11 heavy (non-hydrogen) atoms. The Morgan fingerprint density at radius 2 is 2.00 bits per heavy atom. The van der Waals surface area contributed by atoms with Gasteiger partial charge < -0.3 is 9.47 Å². The fourth-order valence-electron chi connectivity index (χ4n) is 2.21. The molecule has 2 fully saturated rings. The molecule has 0 aromatic carbocycles. The largest absolute Gasteiger partial charge is 0.374 e. The molecule has 0 aromatic rings. The van der Waals surface area contributed by atoms with Crippen LogP contribution < -0.4 is 0 Å². The molecule has 2 nitrogen and oxygen atoms in total. The van der Waals surface area contributed by atoms with E-state index in [0.29, 0.717) is 17.9 Å². The summed E-state index contributed by atoms with van der Waals surface area (Å²) in [5, 5.41) is 0. The number of rotatable bonds is 0. The normalized spacial score (nSPS) is 56.5. The summed E-state index contributed by atoms with van der Waals surface area (Å²) in [5.74, 6) is 1.13. The first-order valence-corrected chi connectivity index (χ1v) is 4.40. The van der Waals surface area contributed by atoms with E-state index in [1.54, 1.807) is 0 Å². The van der Waals surface area contributed by atoms with E-state index < -0.39 is 0 Å². The average molecular weight is 156 g/mol. The lowest BCUT2D eigenvalue weighted by molar-refractivity contribution is -0.0244. The van der Waals surface area contributed by atoms with Gasteiger partial charge in [-0.05, 0) is 6.92 Å². The molecule has 2 aliphatic heterocycles. The Hall–Kier alpha value is -0.0800. The molecule has 0 N–H and O–H groups in total. The van der Waals surface area contributed by atoms with Gasteiger partial charge in [0.25, 0.3) is 0 Å². The average Bonchev–Trinajstić information content (AvgIpc) is 2.39. The van der Waals surface area contributed by atoms with Crippen molar-refractivity contribution in [2.24, 2.45) is 11.8 Å². The van der Waals surface area contributed by atoms with Crippen molar-refractivity contribution in [1.82, 2.24) is 0 Å². The highest BCUT2D eigenvalue weighted by Gasteiger charge is 2.53. The van der Waals surface area contributed by atoms with Crippen LogP contribution in [0, 0.1) is 11.8 Å². The summed E-state index contributed by atoms with van der Waals surface area (Å²) >= 11 is 0. The van der Waals surface area contributed by atoms with Crippen molar-refractivity contribution in [2.75, 3.05) is 13.2 Å². The summed E-state index contributed by atoms with van der Waals surface area (Å²) in [7, 11) is 0. The standard InChI is InChI=1S/C9H16O2/c1-6-4-11-9(3)7(2)5-10-8(6)9/h6-8H,4-5H2,1-3H3/t6?,7-,8+,9+/m0/s1. The van der Waals surface area contributed by atoms with Gasteiger partial charge in [-0.15, -0.1) is 0 Å². The van der Waals surface area contributed by atoms with Gasteiger partial charge in [0.2, 0.25) is 0 Å². The quantitative estimate of drug-likeness (QED) is 0.528. The highest BCUT2D eigenvalue weighted by Crippen LogP contribution is 2.43. The van der Waals surface area contributed by atoms with Crippen LogP contribution in [-0.2, 0) is 9.47 Å².